The zero-order valence-corrected chi connectivity index (χ0v) is 19.7. The van der Waals surface area contributed by atoms with Gasteiger partial charge in [0.25, 0.3) is 0 Å². The Labute approximate surface area is 197 Å². The van der Waals surface area contributed by atoms with E-state index in [0.717, 1.165) is 28.8 Å². The number of carbonyl (C=O) groups excluding carboxylic acids is 2. The monoisotopic (exact) mass is 471 g/mol. The van der Waals surface area contributed by atoms with Crippen molar-refractivity contribution in [3.63, 3.8) is 0 Å². The SMILES string of the molecule is COC(=O)C1=C(C)N=C2SC=C(CC(=O)N[C@@H]3C[C@H]4CC[C@H]3C4)N2[C@@H]1c1ccc(Cl)cc1. The molecule has 0 aromatic heterocycles. The minimum absolute atomic E-state index is 0.0244. The highest BCUT2D eigenvalue weighted by molar-refractivity contribution is 8.16. The van der Waals surface area contributed by atoms with Crippen LogP contribution >= 0.6 is 23.4 Å². The molecule has 0 saturated heterocycles. The number of ether oxygens (including phenoxy) is 1. The Morgan fingerprint density at radius 3 is 2.69 bits per heavy atom. The van der Waals surface area contributed by atoms with E-state index in [2.05, 4.69) is 10.3 Å². The molecule has 2 heterocycles. The van der Waals surface area contributed by atoms with Crippen molar-refractivity contribution in [1.29, 1.82) is 0 Å². The predicted octanol–water partition coefficient (Wildman–Crippen LogP) is 4.78. The van der Waals surface area contributed by atoms with E-state index >= 15 is 0 Å². The summed E-state index contributed by atoms with van der Waals surface area (Å²) in [6.45, 7) is 1.82. The summed E-state index contributed by atoms with van der Waals surface area (Å²) in [6.07, 6.45) is 5.12. The maximum atomic E-state index is 13.0. The summed E-state index contributed by atoms with van der Waals surface area (Å²) in [5, 5.41) is 6.62. The molecule has 2 aliphatic carbocycles. The molecular formula is C24H26ClN3O3S. The first kappa shape index (κ1) is 21.6. The number of carbonyl (C=O) groups is 2. The number of hydrogen-bond acceptors (Lipinski definition) is 6. The number of aliphatic imine (C=N–C) groups is 1. The Hall–Kier alpha value is -2.25. The van der Waals surface area contributed by atoms with Crippen molar-refractivity contribution < 1.29 is 14.3 Å². The van der Waals surface area contributed by atoms with Gasteiger partial charge in [0.2, 0.25) is 5.91 Å². The van der Waals surface area contributed by atoms with E-state index in [9.17, 15) is 9.59 Å². The summed E-state index contributed by atoms with van der Waals surface area (Å²) in [5.74, 6) is 1.00. The van der Waals surface area contributed by atoms with Gasteiger partial charge in [0.1, 0.15) is 0 Å². The zero-order valence-electron chi connectivity index (χ0n) is 18.1. The van der Waals surface area contributed by atoms with Crippen molar-refractivity contribution >= 4 is 40.4 Å². The molecule has 2 saturated carbocycles. The Morgan fingerprint density at radius 2 is 2.03 bits per heavy atom. The van der Waals surface area contributed by atoms with Crippen molar-refractivity contribution in [2.75, 3.05) is 7.11 Å². The summed E-state index contributed by atoms with van der Waals surface area (Å²) >= 11 is 7.59. The van der Waals surface area contributed by atoms with Crippen LogP contribution in [0.25, 0.3) is 0 Å². The van der Waals surface area contributed by atoms with Crippen LogP contribution in [0.4, 0.5) is 0 Å². The minimum atomic E-state index is -0.427. The molecule has 2 bridgehead atoms. The maximum Gasteiger partial charge on any atom is 0.338 e. The number of thioether (sulfide) groups is 1. The first-order chi connectivity index (χ1) is 15.4. The number of fused-ring (bicyclic) bond motifs is 3. The van der Waals surface area contributed by atoms with E-state index < -0.39 is 12.0 Å². The van der Waals surface area contributed by atoms with Gasteiger partial charge in [-0.1, -0.05) is 41.9 Å². The number of methoxy groups -OCH3 is 1. The molecule has 1 N–H and O–H groups in total. The topological polar surface area (TPSA) is 71.0 Å². The van der Waals surface area contributed by atoms with Crippen LogP contribution in [0.5, 0.6) is 0 Å². The van der Waals surface area contributed by atoms with E-state index in [1.807, 2.05) is 29.4 Å². The predicted molar refractivity (Wildman–Crippen MR) is 126 cm³/mol. The average Bonchev–Trinajstić information content (AvgIpc) is 3.49. The molecular weight excluding hydrogens is 446 g/mol. The highest BCUT2D eigenvalue weighted by Crippen LogP contribution is 2.46. The molecule has 8 heteroatoms. The van der Waals surface area contributed by atoms with Gasteiger partial charge < -0.3 is 15.0 Å². The number of benzene rings is 1. The molecule has 32 heavy (non-hydrogen) atoms. The van der Waals surface area contributed by atoms with Crippen molar-refractivity contribution in [1.82, 2.24) is 10.2 Å². The largest absolute Gasteiger partial charge is 0.466 e. The quantitative estimate of drug-likeness (QED) is 0.625. The number of esters is 1. The van der Waals surface area contributed by atoms with Gasteiger partial charge in [-0.3, -0.25) is 4.79 Å². The average molecular weight is 472 g/mol. The first-order valence-corrected chi connectivity index (χ1v) is 12.3. The number of nitrogens with zero attached hydrogens (tertiary/aromatic N) is 2. The lowest BCUT2D eigenvalue weighted by Gasteiger charge is -2.36. The molecule has 2 aliphatic heterocycles. The van der Waals surface area contributed by atoms with Crippen LogP contribution in [0.1, 0.15) is 50.6 Å². The molecule has 4 atom stereocenters. The summed E-state index contributed by atoms with van der Waals surface area (Å²) in [4.78, 5) is 32.4. The molecule has 0 unspecified atom stereocenters. The van der Waals surface area contributed by atoms with Crippen molar-refractivity contribution in [3.8, 4) is 0 Å². The number of amidine groups is 1. The fourth-order valence-electron chi connectivity index (χ4n) is 5.55. The van der Waals surface area contributed by atoms with E-state index in [1.54, 1.807) is 12.1 Å². The molecule has 2 fully saturated rings. The smallest absolute Gasteiger partial charge is 0.338 e. The minimum Gasteiger partial charge on any atom is -0.466 e. The van der Waals surface area contributed by atoms with Crippen LogP contribution in [0.3, 0.4) is 0 Å². The van der Waals surface area contributed by atoms with Gasteiger partial charge in [0.15, 0.2) is 5.17 Å². The summed E-state index contributed by atoms with van der Waals surface area (Å²) in [5.41, 5.74) is 2.82. The van der Waals surface area contributed by atoms with Gasteiger partial charge in [-0.15, -0.1) is 0 Å². The second-order valence-electron chi connectivity index (χ2n) is 8.96. The zero-order chi connectivity index (χ0) is 22.4. The third-order valence-electron chi connectivity index (χ3n) is 7.02. The fourth-order valence-corrected chi connectivity index (χ4v) is 6.64. The maximum absolute atomic E-state index is 13.0. The second-order valence-corrected chi connectivity index (χ2v) is 10.2. The molecule has 1 aromatic carbocycles. The molecule has 5 rings (SSSR count). The standard InChI is InChI=1S/C24H26ClN3O3S/c1-13-21(23(30)31-2)22(15-5-7-17(25)8-6-15)28-18(12-32-24(28)26-13)11-20(29)27-19-10-14-3-4-16(19)9-14/h5-8,12,14,16,19,22H,3-4,9-11H2,1-2H3,(H,27,29)/t14-,16-,19+,22+/m0/s1. The van der Waals surface area contributed by atoms with Gasteiger partial charge in [0.05, 0.1) is 30.8 Å². The van der Waals surface area contributed by atoms with Crippen LogP contribution in [-0.4, -0.2) is 35.1 Å². The Balaban J connectivity index is 1.41. The van der Waals surface area contributed by atoms with Gasteiger partial charge >= 0.3 is 5.97 Å². The van der Waals surface area contributed by atoms with Crippen LogP contribution in [0, 0.1) is 11.8 Å². The lowest BCUT2D eigenvalue weighted by Crippen LogP contribution is -2.41. The molecule has 4 aliphatic rings. The Bertz CT molecular complexity index is 1050. The Kier molecular flexibility index (Phi) is 5.80. The fraction of sp³-hybridized carbons (Fsp3) is 0.458. The Morgan fingerprint density at radius 1 is 1.25 bits per heavy atom. The molecule has 6 nitrogen and oxygen atoms in total. The van der Waals surface area contributed by atoms with Crippen LogP contribution in [0.2, 0.25) is 5.02 Å². The lowest BCUT2D eigenvalue weighted by molar-refractivity contribution is -0.136. The summed E-state index contributed by atoms with van der Waals surface area (Å²) in [6, 6.07) is 7.29. The third kappa shape index (κ3) is 3.86. The number of rotatable bonds is 5. The van der Waals surface area contributed by atoms with E-state index in [4.69, 9.17) is 16.3 Å². The molecule has 0 radical (unpaired) electrons. The van der Waals surface area contributed by atoms with Crippen LogP contribution in [-0.2, 0) is 14.3 Å². The van der Waals surface area contributed by atoms with E-state index in [1.165, 1.54) is 38.1 Å². The third-order valence-corrected chi connectivity index (χ3v) is 8.16. The highest BCUT2D eigenvalue weighted by atomic mass is 35.5. The highest BCUT2D eigenvalue weighted by Gasteiger charge is 2.42. The first-order valence-electron chi connectivity index (χ1n) is 11.0. The molecule has 1 amide bonds. The van der Waals surface area contributed by atoms with Crippen molar-refractivity contribution in [3.05, 3.63) is 57.2 Å². The molecule has 0 spiro atoms. The van der Waals surface area contributed by atoms with Gasteiger partial charge in [0, 0.05) is 16.8 Å². The van der Waals surface area contributed by atoms with Crippen LogP contribution < -0.4 is 5.32 Å². The number of nitrogens with one attached hydrogen (secondary N) is 1. The number of amides is 1. The van der Waals surface area contributed by atoms with E-state index in [-0.39, 0.29) is 12.3 Å². The van der Waals surface area contributed by atoms with Gasteiger partial charge in [-0.2, -0.15) is 0 Å². The number of hydrogen-bond donors (Lipinski definition) is 1. The van der Waals surface area contributed by atoms with Crippen molar-refractivity contribution in [2.45, 2.75) is 51.1 Å². The second kappa shape index (κ2) is 8.60. The van der Waals surface area contributed by atoms with E-state index in [0.29, 0.717) is 28.3 Å². The number of halogens is 1. The molecule has 168 valence electrons. The summed E-state index contributed by atoms with van der Waals surface area (Å²) in [7, 11) is 1.37. The molecule has 1 aromatic rings. The van der Waals surface area contributed by atoms with Gasteiger partial charge in [-0.25, -0.2) is 9.79 Å². The normalized spacial score (nSPS) is 28.4. The van der Waals surface area contributed by atoms with Crippen LogP contribution in [0.15, 0.2) is 51.6 Å². The van der Waals surface area contributed by atoms with Gasteiger partial charge in [-0.05, 0) is 61.1 Å². The summed E-state index contributed by atoms with van der Waals surface area (Å²) < 4.78 is 5.09. The lowest BCUT2D eigenvalue weighted by atomic mass is 9.93. The number of allylic oxidation sites excluding steroid dienone is 1. The van der Waals surface area contributed by atoms with Crippen molar-refractivity contribution in [2.24, 2.45) is 16.8 Å².